The number of aromatic nitrogens is 2. The van der Waals surface area contributed by atoms with Crippen LogP contribution < -0.4 is 0 Å². The van der Waals surface area contributed by atoms with Crippen LogP contribution in [-0.4, -0.2) is 20.9 Å². The second-order valence-corrected chi connectivity index (χ2v) is 8.27. The van der Waals surface area contributed by atoms with Crippen molar-refractivity contribution in [2.75, 3.05) is 0 Å². The molecule has 0 saturated carbocycles. The molecule has 3 aromatic rings. The number of hydrogen-bond donors (Lipinski definition) is 0. The van der Waals surface area contributed by atoms with Crippen molar-refractivity contribution >= 4 is 16.9 Å². The van der Waals surface area contributed by atoms with Crippen molar-refractivity contribution in [2.45, 2.75) is 52.5 Å². The lowest BCUT2D eigenvalue weighted by Gasteiger charge is -2.44. The fourth-order valence-corrected chi connectivity index (χ4v) is 3.79. The Hall–Kier alpha value is -2.49. The van der Waals surface area contributed by atoms with Crippen LogP contribution in [0, 0.1) is 19.7 Å². The van der Waals surface area contributed by atoms with E-state index in [9.17, 15) is 4.39 Å². The van der Waals surface area contributed by atoms with Gasteiger partial charge in [0.15, 0.2) is 0 Å². The maximum absolute atomic E-state index is 14.9. The van der Waals surface area contributed by atoms with Crippen molar-refractivity contribution in [1.82, 2.24) is 9.55 Å². The SMILES string of the molecule is Cc1ccc2c(ncn2C2=NC(C)(C)C(C)(C)c3c(F)cccc32)c1C. The predicted molar refractivity (Wildman–Crippen MR) is 105 cm³/mol. The number of nitrogens with zero attached hydrogens (tertiary/aromatic N) is 3. The van der Waals surface area contributed by atoms with Gasteiger partial charge in [0.05, 0.1) is 16.6 Å². The highest BCUT2D eigenvalue weighted by molar-refractivity contribution is 6.07. The number of aliphatic imine (C=N–C) groups is 1. The molecular weight excluding hydrogens is 325 g/mol. The van der Waals surface area contributed by atoms with Gasteiger partial charge in [-0.1, -0.05) is 32.0 Å². The van der Waals surface area contributed by atoms with Gasteiger partial charge in [0, 0.05) is 16.5 Å². The molecule has 2 aromatic carbocycles. The fourth-order valence-electron chi connectivity index (χ4n) is 3.79. The summed E-state index contributed by atoms with van der Waals surface area (Å²) in [6.45, 7) is 12.4. The topological polar surface area (TPSA) is 30.2 Å². The number of imidazole rings is 1. The zero-order chi connectivity index (χ0) is 18.9. The molecule has 1 aliphatic rings. The average molecular weight is 349 g/mol. The minimum absolute atomic E-state index is 0.176. The molecule has 4 rings (SSSR count). The van der Waals surface area contributed by atoms with Crippen molar-refractivity contribution < 1.29 is 4.39 Å². The summed E-state index contributed by atoms with van der Waals surface area (Å²) in [5.74, 6) is 0.582. The number of aryl methyl sites for hydroxylation is 2. The van der Waals surface area contributed by atoms with Gasteiger partial charge in [0.1, 0.15) is 18.0 Å². The van der Waals surface area contributed by atoms with Crippen LogP contribution in [0.2, 0.25) is 0 Å². The molecule has 0 aliphatic carbocycles. The Labute approximate surface area is 153 Å². The molecule has 1 aromatic heterocycles. The lowest BCUT2D eigenvalue weighted by Crippen LogP contribution is -2.47. The van der Waals surface area contributed by atoms with Crippen LogP contribution >= 0.6 is 0 Å². The molecule has 134 valence electrons. The maximum Gasteiger partial charge on any atom is 0.141 e. The predicted octanol–water partition coefficient (Wildman–Crippen LogP) is 5.16. The van der Waals surface area contributed by atoms with Gasteiger partial charge >= 0.3 is 0 Å². The molecule has 26 heavy (non-hydrogen) atoms. The number of benzene rings is 2. The van der Waals surface area contributed by atoms with Crippen molar-refractivity contribution in [3.05, 3.63) is 64.7 Å². The normalized spacial score (nSPS) is 17.9. The third-order valence-electron chi connectivity index (χ3n) is 6.26. The van der Waals surface area contributed by atoms with E-state index >= 15 is 0 Å². The molecule has 1 aliphatic heterocycles. The standard InChI is InChI=1S/C22H24FN3/c1-13-10-11-17-19(14(13)2)24-12-26(17)20-15-8-7-9-16(23)18(15)21(3,4)22(5,6)25-20/h7-12H,1-6H3. The monoisotopic (exact) mass is 349 g/mol. The van der Waals surface area contributed by atoms with Crippen LogP contribution in [-0.2, 0) is 5.41 Å². The molecule has 0 amide bonds. The minimum Gasteiger partial charge on any atom is -0.283 e. The Morgan fingerprint density at radius 3 is 2.46 bits per heavy atom. The van der Waals surface area contributed by atoms with E-state index in [0.717, 1.165) is 33.6 Å². The molecule has 0 unspecified atom stereocenters. The number of fused-ring (bicyclic) bond motifs is 2. The van der Waals surface area contributed by atoms with E-state index < -0.39 is 11.0 Å². The second kappa shape index (κ2) is 5.26. The van der Waals surface area contributed by atoms with Crippen molar-refractivity contribution in [3.63, 3.8) is 0 Å². The lowest BCUT2D eigenvalue weighted by atomic mass is 9.66. The summed E-state index contributed by atoms with van der Waals surface area (Å²) < 4.78 is 16.9. The summed E-state index contributed by atoms with van der Waals surface area (Å²) in [6.07, 6.45) is 1.80. The van der Waals surface area contributed by atoms with Gasteiger partial charge in [0.2, 0.25) is 0 Å². The van der Waals surface area contributed by atoms with Crippen molar-refractivity contribution in [2.24, 2.45) is 4.99 Å². The Kier molecular flexibility index (Phi) is 3.43. The number of hydrogen-bond acceptors (Lipinski definition) is 2. The van der Waals surface area contributed by atoms with E-state index in [-0.39, 0.29) is 5.82 Å². The Morgan fingerprint density at radius 1 is 1.00 bits per heavy atom. The van der Waals surface area contributed by atoms with Gasteiger partial charge in [-0.05, 0) is 51.0 Å². The number of rotatable bonds is 0. The maximum atomic E-state index is 14.9. The van der Waals surface area contributed by atoms with Gasteiger partial charge < -0.3 is 0 Å². The first-order valence-corrected chi connectivity index (χ1v) is 8.98. The lowest BCUT2D eigenvalue weighted by molar-refractivity contribution is 0.292. The fraction of sp³-hybridized carbons (Fsp3) is 0.364. The molecule has 4 heteroatoms. The first-order valence-electron chi connectivity index (χ1n) is 8.98. The van der Waals surface area contributed by atoms with Gasteiger partial charge in [-0.15, -0.1) is 0 Å². The summed E-state index contributed by atoms with van der Waals surface area (Å²) >= 11 is 0. The van der Waals surface area contributed by atoms with Crippen LogP contribution in [0.4, 0.5) is 4.39 Å². The molecule has 0 N–H and O–H groups in total. The van der Waals surface area contributed by atoms with Crippen molar-refractivity contribution in [3.8, 4) is 0 Å². The molecular formula is C22H24FN3. The van der Waals surface area contributed by atoms with E-state index in [2.05, 4.69) is 58.7 Å². The first-order chi connectivity index (χ1) is 12.1. The van der Waals surface area contributed by atoms with E-state index in [4.69, 9.17) is 4.99 Å². The summed E-state index contributed by atoms with van der Waals surface area (Å²) in [5.41, 5.74) is 5.03. The molecule has 2 heterocycles. The van der Waals surface area contributed by atoms with E-state index in [1.807, 2.05) is 10.6 Å². The smallest absolute Gasteiger partial charge is 0.141 e. The van der Waals surface area contributed by atoms with Gasteiger partial charge in [-0.3, -0.25) is 9.56 Å². The zero-order valence-electron chi connectivity index (χ0n) is 16.2. The summed E-state index contributed by atoms with van der Waals surface area (Å²) in [6, 6.07) is 9.42. The van der Waals surface area contributed by atoms with Gasteiger partial charge in [0.25, 0.3) is 0 Å². The third kappa shape index (κ3) is 2.11. The van der Waals surface area contributed by atoms with E-state index in [0.29, 0.717) is 0 Å². The van der Waals surface area contributed by atoms with Gasteiger partial charge in [-0.2, -0.15) is 0 Å². The highest BCUT2D eigenvalue weighted by Gasteiger charge is 2.45. The van der Waals surface area contributed by atoms with Crippen LogP contribution in [0.3, 0.4) is 0 Å². The third-order valence-corrected chi connectivity index (χ3v) is 6.26. The molecule has 0 atom stereocenters. The van der Waals surface area contributed by atoms with Crippen LogP contribution in [0.25, 0.3) is 11.0 Å². The summed E-state index contributed by atoms with van der Waals surface area (Å²) in [4.78, 5) is 9.69. The van der Waals surface area contributed by atoms with Crippen LogP contribution in [0.5, 0.6) is 0 Å². The quantitative estimate of drug-likeness (QED) is 0.551. The zero-order valence-corrected chi connectivity index (χ0v) is 16.2. The molecule has 3 nitrogen and oxygen atoms in total. The van der Waals surface area contributed by atoms with Crippen molar-refractivity contribution in [1.29, 1.82) is 0 Å². The minimum atomic E-state index is -0.451. The van der Waals surface area contributed by atoms with E-state index in [1.54, 1.807) is 18.5 Å². The highest BCUT2D eigenvalue weighted by Crippen LogP contribution is 2.44. The number of halogens is 1. The molecule has 0 fully saturated rings. The summed E-state index contributed by atoms with van der Waals surface area (Å²) in [5, 5.41) is 0. The Morgan fingerprint density at radius 2 is 1.73 bits per heavy atom. The Balaban J connectivity index is 2.06. The molecule has 0 radical (unpaired) electrons. The molecule has 0 spiro atoms. The molecule has 0 saturated heterocycles. The van der Waals surface area contributed by atoms with Gasteiger partial charge in [-0.25, -0.2) is 9.37 Å². The van der Waals surface area contributed by atoms with Crippen LogP contribution in [0.1, 0.15) is 49.9 Å². The largest absolute Gasteiger partial charge is 0.283 e. The second-order valence-electron chi connectivity index (χ2n) is 8.27. The van der Waals surface area contributed by atoms with Crippen LogP contribution in [0.15, 0.2) is 41.7 Å². The van der Waals surface area contributed by atoms with E-state index in [1.165, 1.54) is 5.56 Å². The first kappa shape index (κ1) is 17.0. The average Bonchev–Trinajstić information content (AvgIpc) is 2.99. The summed E-state index contributed by atoms with van der Waals surface area (Å²) in [7, 11) is 0. The molecule has 0 bridgehead atoms. The Bertz CT molecular complexity index is 1070. The highest BCUT2D eigenvalue weighted by atomic mass is 19.1.